The van der Waals surface area contributed by atoms with Gasteiger partial charge in [0.1, 0.15) is 5.41 Å². The van der Waals surface area contributed by atoms with Gasteiger partial charge in [-0.3, -0.25) is 5.10 Å². The molecule has 7 nitrogen and oxygen atoms in total. The van der Waals surface area contributed by atoms with Crippen LogP contribution in [0.5, 0.6) is 0 Å². The second kappa shape index (κ2) is 8.80. The molecule has 0 fully saturated rings. The first-order valence-corrected chi connectivity index (χ1v) is 11.3. The number of rotatable bonds is 8. The minimum atomic E-state index is -4.44. The topological polar surface area (TPSA) is 97.0 Å². The van der Waals surface area contributed by atoms with Gasteiger partial charge in [-0.05, 0) is 38.0 Å². The fourth-order valence-corrected chi connectivity index (χ4v) is 4.87. The van der Waals surface area contributed by atoms with Crippen LogP contribution >= 0.6 is 0 Å². The van der Waals surface area contributed by atoms with E-state index in [-0.39, 0.29) is 17.9 Å². The molecule has 0 amide bonds. The Bertz CT molecular complexity index is 1060. The molecule has 0 unspecified atom stereocenters. The molecule has 1 heterocycles. The van der Waals surface area contributed by atoms with E-state index in [1.807, 2.05) is 0 Å². The predicted octanol–water partition coefficient (Wildman–Crippen LogP) is 3.81. The number of sulfonamides is 1. The van der Waals surface area contributed by atoms with E-state index in [0.717, 1.165) is 12.2 Å². The first-order valence-electron chi connectivity index (χ1n) is 9.85. The van der Waals surface area contributed by atoms with Gasteiger partial charge in [-0.2, -0.15) is 17.9 Å². The molecular weight excluding hydrogens is 445 g/mol. The first-order chi connectivity index (χ1) is 14.9. The van der Waals surface area contributed by atoms with Crippen LogP contribution in [0.25, 0.3) is 0 Å². The number of H-pyrrole nitrogens is 1. The van der Waals surface area contributed by atoms with Gasteiger partial charge in [-0.1, -0.05) is 41.7 Å². The third kappa shape index (κ3) is 4.94. The fourth-order valence-electron chi connectivity index (χ4n) is 3.48. The van der Waals surface area contributed by atoms with Crippen molar-refractivity contribution >= 4 is 10.0 Å². The average Bonchev–Trinajstić information content (AvgIpc) is 3.27. The molecule has 3 rings (SSSR count). The number of hydrogen-bond donors (Lipinski definition) is 2. The van der Waals surface area contributed by atoms with Crippen LogP contribution in [0.15, 0.2) is 59.7 Å². The summed E-state index contributed by atoms with van der Waals surface area (Å²) in [6, 6.07) is 6.04. The third-order valence-corrected chi connectivity index (χ3v) is 7.17. The lowest BCUT2D eigenvalue weighted by Crippen LogP contribution is -2.41. The van der Waals surface area contributed by atoms with E-state index in [4.69, 9.17) is 4.74 Å². The quantitative estimate of drug-likeness (QED) is 0.572. The summed E-state index contributed by atoms with van der Waals surface area (Å²) >= 11 is 0. The number of nitrogens with one attached hydrogen (secondary N) is 2. The number of aromatic amines is 1. The zero-order chi connectivity index (χ0) is 23.6. The number of halogens is 3. The summed E-state index contributed by atoms with van der Waals surface area (Å²) in [4.78, 5) is 0.0373. The Morgan fingerprint density at radius 3 is 2.28 bits per heavy atom. The van der Waals surface area contributed by atoms with Crippen LogP contribution in [0.1, 0.15) is 37.4 Å². The Balaban J connectivity index is 1.77. The second-order valence-corrected chi connectivity index (χ2v) is 9.88. The number of aromatic nitrogens is 3. The molecule has 0 saturated heterocycles. The maximum Gasteiger partial charge on any atom is 0.401 e. The van der Waals surface area contributed by atoms with Crippen molar-refractivity contribution < 1.29 is 26.3 Å². The lowest BCUT2D eigenvalue weighted by Gasteiger charge is -2.33. The van der Waals surface area contributed by atoms with E-state index >= 15 is 0 Å². The van der Waals surface area contributed by atoms with Crippen LogP contribution in [0.2, 0.25) is 0 Å². The lowest BCUT2D eigenvalue weighted by atomic mass is 9.77. The van der Waals surface area contributed by atoms with Gasteiger partial charge in [0.15, 0.2) is 0 Å². The van der Waals surface area contributed by atoms with Gasteiger partial charge >= 0.3 is 6.18 Å². The maximum absolute atomic E-state index is 13.6. The molecule has 174 valence electrons. The molecule has 1 aromatic heterocycles. The number of hydrogen-bond acceptors (Lipinski definition) is 5. The molecule has 0 bridgehead atoms. The zero-order valence-corrected chi connectivity index (χ0v) is 18.7. The molecule has 1 aliphatic rings. The minimum Gasteiger partial charge on any atom is -0.385 e. The van der Waals surface area contributed by atoms with E-state index in [1.54, 1.807) is 26.0 Å². The number of nitrogens with zero attached hydrogens (tertiary/aromatic N) is 2. The molecule has 0 spiro atoms. The van der Waals surface area contributed by atoms with Crippen molar-refractivity contribution in [1.29, 1.82) is 0 Å². The monoisotopic (exact) mass is 470 g/mol. The van der Waals surface area contributed by atoms with Crippen LogP contribution in [-0.2, 0) is 20.3 Å². The van der Waals surface area contributed by atoms with Crippen molar-refractivity contribution in [3.05, 3.63) is 66.0 Å². The highest BCUT2D eigenvalue weighted by Gasteiger charge is 2.51. The molecule has 1 aliphatic carbocycles. The molecule has 32 heavy (non-hydrogen) atoms. The molecule has 0 saturated carbocycles. The van der Waals surface area contributed by atoms with Crippen molar-refractivity contribution in [2.75, 3.05) is 13.7 Å². The first kappa shape index (κ1) is 24.1. The van der Waals surface area contributed by atoms with Crippen molar-refractivity contribution in [3.63, 3.8) is 0 Å². The maximum atomic E-state index is 13.6. The van der Waals surface area contributed by atoms with Gasteiger partial charge in [0.2, 0.25) is 10.0 Å². The summed E-state index contributed by atoms with van der Waals surface area (Å²) in [6.45, 7) is 3.31. The second-order valence-electron chi connectivity index (χ2n) is 8.19. The average molecular weight is 471 g/mol. The van der Waals surface area contributed by atoms with E-state index in [1.165, 1.54) is 37.6 Å². The SMILES string of the molecule is COCCC1(C(F)(F)F)C=CC(c2ccc(S(=O)(=O)NC(C)(C)c3cnn[nH]3)cc2)C=C1. The summed E-state index contributed by atoms with van der Waals surface area (Å²) in [5, 5.41) is 9.90. The van der Waals surface area contributed by atoms with E-state index in [2.05, 4.69) is 20.1 Å². The van der Waals surface area contributed by atoms with Crippen molar-refractivity contribution in [2.45, 2.75) is 42.8 Å². The van der Waals surface area contributed by atoms with Crippen LogP contribution < -0.4 is 4.72 Å². The highest BCUT2D eigenvalue weighted by atomic mass is 32.2. The van der Waals surface area contributed by atoms with Gasteiger partial charge in [0.05, 0.1) is 22.3 Å². The van der Waals surface area contributed by atoms with Gasteiger partial charge < -0.3 is 4.74 Å². The highest BCUT2D eigenvalue weighted by Crippen LogP contribution is 2.47. The Hall–Kier alpha value is -2.50. The number of methoxy groups -OCH3 is 1. The van der Waals surface area contributed by atoms with Gasteiger partial charge in [-0.25, -0.2) is 8.42 Å². The van der Waals surface area contributed by atoms with E-state index in [0.29, 0.717) is 11.3 Å². The van der Waals surface area contributed by atoms with Crippen molar-refractivity contribution in [3.8, 4) is 0 Å². The fraction of sp³-hybridized carbons (Fsp3) is 0.429. The highest BCUT2D eigenvalue weighted by molar-refractivity contribution is 7.89. The summed E-state index contributed by atoms with van der Waals surface area (Å²) in [5.74, 6) is -0.398. The van der Waals surface area contributed by atoms with Crippen LogP contribution in [0.3, 0.4) is 0 Å². The molecule has 0 atom stereocenters. The Kier molecular flexibility index (Phi) is 6.64. The summed E-state index contributed by atoms with van der Waals surface area (Å²) in [5.41, 5.74) is -1.87. The van der Waals surface area contributed by atoms with Gasteiger partial charge in [0, 0.05) is 19.6 Å². The number of allylic oxidation sites excluding steroid dienone is 4. The molecule has 2 aromatic rings. The Morgan fingerprint density at radius 1 is 1.16 bits per heavy atom. The summed E-state index contributed by atoms with van der Waals surface area (Å²) in [7, 11) is -2.50. The molecular formula is C21H25F3N4O3S. The van der Waals surface area contributed by atoms with E-state index < -0.39 is 33.1 Å². The van der Waals surface area contributed by atoms with Crippen molar-refractivity contribution in [1.82, 2.24) is 20.1 Å². The van der Waals surface area contributed by atoms with Gasteiger partial charge in [0.25, 0.3) is 0 Å². The van der Waals surface area contributed by atoms with Crippen LogP contribution in [0, 0.1) is 5.41 Å². The van der Waals surface area contributed by atoms with E-state index in [9.17, 15) is 21.6 Å². The largest absolute Gasteiger partial charge is 0.401 e. The number of alkyl halides is 3. The van der Waals surface area contributed by atoms with Gasteiger partial charge in [-0.15, -0.1) is 5.10 Å². The molecule has 11 heteroatoms. The third-order valence-electron chi connectivity index (χ3n) is 5.50. The summed E-state index contributed by atoms with van der Waals surface area (Å²) in [6.07, 6.45) is 2.06. The molecule has 0 aliphatic heterocycles. The number of benzene rings is 1. The van der Waals surface area contributed by atoms with Crippen LogP contribution in [-0.4, -0.2) is 43.7 Å². The lowest BCUT2D eigenvalue weighted by molar-refractivity contribution is -0.194. The molecule has 0 radical (unpaired) electrons. The Morgan fingerprint density at radius 2 is 1.78 bits per heavy atom. The predicted molar refractivity (Wildman–Crippen MR) is 112 cm³/mol. The van der Waals surface area contributed by atoms with Crippen molar-refractivity contribution in [2.24, 2.45) is 5.41 Å². The molecule has 2 N–H and O–H groups in total. The molecule has 1 aromatic carbocycles. The smallest absolute Gasteiger partial charge is 0.385 e. The zero-order valence-electron chi connectivity index (χ0n) is 17.8. The minimum absolute atomic E-state index is 0.0244. The normalized spacial score (nSPS) is 21.8. The summed E-state index contributed by atoms with van der Waals surface area (Å²) < 4.78 is 73.9. The number of ether oxygens (including phenoxy) is 1. The Labute approximate surface area is 184 Å². The standard InChI is InChI=1S/C21H25F3N4O3S/c1-19(2,18-14-25-28-26-18)27-32(29,30)17-6-4-15(5-7-17)16-8-10-20(11-9-16,12-13-31-3)21(22,23)24/h4-11,14,16,27H,12-13H2,1-3H3,(H,25,26,28). The van der Waals surface area contributed by atoms with Crippen LogP contribution in [0.4, 0.5) is 13.2 Å².